The van der Waals surface area contributed by atoms with Crippen LogP contribution in [0.1, 0.15) is 5.56 Å². The van der Waals surface area contributed by atoms with Gasteiger partial charge in [0.2, 0.25) is 0 Å². The van der Waals surface area contributed by atoms with E-state index in [1.54, 1.807) is 12.4 Å². The van der Waals surface area contributed by atoms with Crippen LogP contribution in [0.4, 0.5) is 0 Å². The molecule has 3 aromatic rings. The molecular formula is C15H9N3S. The predicted molar refractivity (Wildman–Crippen MR) is 75.5 cm³/mol. The molecule has 0 saturated carbocycles. The fraction of sp³-hybridized carbons (Fsp3) is 0. The number of thiazole rings is 1. The van der Waals surface area contributed by atoms with E-state index in [0.29, 0.717) is 5.56 Å². The van der Waals surface area contributed by atoms with Crippen molar-refractivity contribution in [2.45, 2.75) is 0 Å². The van der Waals surface area contributed by atoms with E-state index in [2.05, 4.69) is 16.0 Å². The summed E-state index contributed by atoms with van der Waals surface area (Å²) in [5.74, 6) is 0. The van der Waals surface area contributed by atoms with Gasteiger partial charge in [0.1, 0.15) is 11.1 Å². The average Bonchev–Trinajstić information content (AvgIpc) is 3.02. The summed E-state index contributed by atoms with van der Waals surface area (Å²) in [6, 6.07) is 14.0. The molecule has 0 amide bonds. The Labute approximate surface area is 114 Å². The minimum atomic E-state index is 0.575. The highest BCUT2D eigenvalue weighted by Gasteiger charge is 2.09. The van der Waals surface area contributed by atoms with Gasteiger partial charge in [-0.2, -0.15) is 5.26 Å². The zero-order valence-electron chi connectivity index (χ0n) is 9.95. The van der Waals surface area contributed by atoms with Crippen LogP contribution in [-0.2, 0) is 0 Å². The Balaban J connectivity index is 2.17. The van der Waals surface area contributed by atoms with Crippen LogP contribution in [0.25, 0.3) is 21.8 Å². The largest absolute Gasteiger partial charge is 0.252 e. The van der Waals surface area contributed by atoms with Gasteiger partial charge >= 0.3 is 0 Å². The van der Waals surface area contributed by atoms with Gasteiger partial charge in [-0.1, -0.05) is 30.3 Å². The minimum absolute atomic E-state index is 0.575. The SMILES string of the molecule is N#Cc1cnc(-c2nccs2)cc1-c1ccccc1. The molecule has 0 bridgehead atoms. The van der Waals surface area contributed by atoms with Gasteiger partial charge in [-0.05, 0) is 11.6 Å². The van der Waals surface area contributed by atoms with Crippen LogP contribution < -0.4 is 0 Å². The third-order valence-corrected chi connectivity index (χ3v) is 3.56. The predicted octanol–water partition coefficient (Wildman–Crippen LogP) is 3.74. The highest BCUT2D eigenvalue weighted by molar-refractivity contribution is 7.13. The van der Waals surface area contributed by atoms with Crippen molar-refractivity contribution in [1.82, 2.24) is 9.97 Å². The maximum Gasteiger partial charge on any atom is 0.141 e. The van der Waals surface area contributed by atoms with Crippen LogP contribution in [0.2, 0.25) is 0 Å². The van der Waals surface area contributed by atoms with Gasteiger partial charge in [0, 0.05) is 23.3 Å². The molecule has 0 aliphatic heterocycles. The molecule has 0 aliphatic rings. The van der Waals surface area contributed by atoms with Crippen LogP contribution in [0.3, 0.4) is 0 Å². The fourth-order valence-electron chi connectivity index (χ4n) is 1.87. The molecule has 0 atom stereocenters. The van der Waals surface area contributed by atoms with Crippen LogP contribution in [0.5, 0.6) is 0 Å². The fourth-order valence-corrected chi connectivity index (χ4v) is 2.47. The molecule has 19 heavy (non-hydrogen) atoms. The summed E-state index contributed by atoms with van der Waals surface area (Å²) >= 11 is 1.54. The van der Waals surface area contributed by atoms with E-state index in [4.69, 9.17) is 0 Å². The van der Waals surface area contributed by atoms with Crippen LogP contribution in [-0.4, -0.2) is 9.97 Å². The van der Waals surface area contributed by atoms with Gasteiger partial charge in [0.15, 0.2) is 0 Å². The zero-order chi connectivity index (χ0) is 13.1. The number of nitriles is 1. The van der Waals surface area contributed by atoms with Gasteiger partial charge in [0.25, 0.3) is 0 Å². The normalized spacial score (nSPS) is 10.1. The molecule has 0 aliphatic carbocycles. The second-order valence-electron chi connectivity index (χ2n) is 3.93. The minimum Gasteiger partial charge on any atom is -0.252 e. The average molecular weight is 263 g/mol. The second kappa shape index (κ2) is 5.01. The second-order valence-corrected chi connectivity index (χ2v) is 4.82. The van der Waals surface area contributed by atoms with Crippen molar-refractivity contribution < 1.29 is 0 Å². The lowest BCUT2D eigenvalue weighted by atomic mass is 10.0. The lowest BCUT2D eigenvalue weighted by Gasteiger charge is -2.05. The van der Waals surface area contributed by atoms with E-state index in [1.807, 2.05) is 41.8 Å². The molecule has 2 aromatic heterocycles. The monoisotopic (exact) mass is 263 g/mol. The molecule has 2 heterocycles. The number of hydrogen-bond acceptors (Lipinski definition) is 4. The number of benzene rings is 1. The topological polar surface area (TPSA) is 49.6 Å². The molecular weight excluding hydrogens is 254 g/mol. The molecule has 4 heteroatoms. The number of pyridine rings is 1. The smallest absolute Gasteiger partial charge is 0.141 e. The van der Waals surface area contributed by atoms with Crippen molar-refractivity contribution in [1.29, 1.82) is 5.26 Å². The summed E-state index contributed by atoms with van der Waals surface area (Å²) in [5, 5.41) is 12.0. The summed E-state index contributed by atoms with van der Waals surface area (Å²) < 4.78 is 0. The summed E-state index contributed by atoms with van der Waals surface area (Å²) in [6.45, 7) is 0. The van der Waals surface area contributed by atoms with Crippen molar-refractivity contribution >= 4 is 11.3 Å². The molecule has 0 saturated heterocycles. The molecule has 0 radical (unpaired) electrons. The highest BCUT2D eigenvalue weighted by atomic mass is 32.1. The standard InChI is InChI=1S/C15H9N3S/c16-9-12-10-18-14(15-17-6-7-19-15)8-13(12)11-4-2-1-3-5-11/h1-8,10H. The first kappa shape index (κ1) is 11.6. The van der Waals surface area contributed by atoms with E-state index in [0.717, 1.165) is 21.8 Å². The molecule has 0 N–H and O–H groups in total. The van der Waals surface area contributed by atoms with Crippen molar-refractivity contribution in [2.75, 3.05) is 0 Å². The first-order valence-corrected chi connectivity index (χ1v) is 6.62. The Morgan fingerprint density at radius 3 is 2.63 bits per heavy atom. The third-order valence-electron chi connectivity index (χ3n) is 2.76. The summed E-state index contributed by atoms with van der Waals surface area (Å²) in [6.07, 6.45) is 3.36. The Morgan fingerprint density at radius 2 is 1.95 bits per heavy atom. The maximum atomic E-state index is 9.20. The quantitative estimate of drug-likeness (QED) is 0.707. The molecule has 0 unspecified atom stereocenters. The molecule has 90 valence electrons. The van der Waals surface area contributed by atoms with Gasteiger partial charge < -0.3 is 0 Å². The molecule has 0 spiro atoms. The first-order valence-electron chi connectivity index (χ1n) is 5.74. The first-order chi connectivity index (χ1) is 9.38. The van der Waals surface area contributed by atoms with Crippen LogP contribution in [0.15, 0.2) is 54.2 Å². The summed E-state index contributed by atoms with van der Waals surface area (Å²) in [7, 11) is 0. The highest BCUT2D eigenvalue weighted by Crippen LogP contribution is 2.28. The van der Waals surface area contributed by atoms with Gasteiger partial charge in [-0.3, -0.25) is 4.98 Å². The summed E-state index contributed by atoms with van der Waals surface area (Å²) in [4.78, 5) is 8.55. The van der Waals surface area contributed by atoms with Crippen molar-refractivity contribution in [3.05, 3.63) is 59.7 Å². The zero-order valence-corrected chi connectivity index (χ0v) is 10.8. The van der Waals surface area contributed by atoms with E-state index in [1.165, 1.54) is 11.3 Å². The number of hydrogen-bond donors (Lipinski definition) is 0. The van der Waals surface area contributed by atoms with Crippen molar-refractivity contribution in [2.24, 2.45) is 0 Å². The Morgan fingerprint density at radius 1 is 1.11 bits per heavy atom. The Hall–Kier alpha value is -2.51. The lowest BCUT2D eigenvalue weighted by molar-refractivity contribution is 1.27. The third kappa shape index (κ3) is 2.24. The van der Waals surface area contributed by atoms with E-state index >= 15 is 0 Å². The number of rotatable bonds is 2. The van der Waals surface area contributed by atoms with E-state index in [9.17, 15) is 5.26 Å². The molecule has 3 rings (SSSR count). The van der Waals surface area contributed by atoms with E-state index in [-0.39, 0.29) is 0 Å². The Bertz CT molecular complexity index is 728. The number of nitrogens with zero attached hydrogens (tertiary/aromatic N) is 3. The molecule has 0 fully saturated rings. The Kier molecular flexibility index (Phi) is 3.05. The molecule has 3 nitrogen and oxygen atoms in total. The van der Waals surface area contributed by atoms with Crippen molar-refractivity contribution in [3.63, 3.8) is 0 Å². The van der Waals surface area contributed by atoms with E-state index < -0.39 is 0 Å². The van der Waals surface area contributed by atoms with Crippen LogP contribution in [0, 0.1) is 11.3 Å². The summed E-state index contributed by atoms with van der Waals surface area (Å²) in [5.41, 5.74) is 3.28. The van der Waals surface area contributed by atoms with Gasteiger partial charge in [-0.25, -0.2) is 4.98 Å². The van der Waals surface area contributed by atoms with Gasteiger partial charge in [-0.15, -0.1) is 11.3 Å². The number of aromatic nitrogens is 2. The van der Waals surface area contributed by atoms with Crippen molar-refractivity contribution in [3.8, 4) is 27.9 Å². The maximum absolute atomic E-state index is 9.20. The van der Waals surface area contributed by atoms with Gasteiger partial charge in [0.05, 0.1) is 11.3 Å². The van der Waals surface area contributed by atoms with Crippen LogP contribution >= 0.6 is 11.3 Å². The lowest BCUT2D eigenvalue weighted by Crippen LogP contribution is -1.90. The molecule has 1 aromatic carbocycles.